The van der Waals surface area contributed by atoms with Gasteiger partial charge >= 0.3 is 12.3 Å². The first kappa shape index (κ1) is 21.3. The summed E-state index contributed by atoms with van der Waals surface area (Å²) in [7, 11) is 0. The average Bonchev–Trinajstić information content (AvgIpc) is 2.49. The minimum absolute atomic E-state index is 0.145. The second-order valence-electron chi connectivity index (χ2n) is 6.96. The summed E-state index contributed by atoms with van der Waals surface area (Å²) in [6, 6.07) is 5.24. The Hall–Kier alpha value is -1.79. The molecule has 0 aliphatic carbocycles. The molecule has 1 aromatic carbocycles. The minimum Gasteiger partial charge on any atom is -0.429 e. The van der Waals surface area contributed by atoms with Gasteiger partial charge in [-0.2, -0.15) is 13.2 Å². The molecule has 0 heterocycles. The summed E-state index contributed by atoms with van der Waals surface area (Å²) in [4.78, 5) is 11.8. The van der Waals surface area contributed by atoms with E-state index in [1.807, 2.05) is 13.8 Å². The topological polar surface area (TPSA) is 35.5 Å². The van der Waals surface area contributed by atoms with Gasteiger partial charge in [-0.25, -0.2) is 9.18 Å². The molecule has 3 nitrogen and oxygen atoms in total. The molecule has 0 saturated carbocycles. The molecule has 7 heteroatoms. The third-order valence-corrected chi connectivity index (χ3v) is 3.85. The number of carbonyl (C=O) groups excluding carboxylic acids is 1. The van der Waals surface area contributed by atoms with Crippen LogP contribution in [-0.4, -0.2) is 24.6 Å². The Morgan fingerprint density at radius 1 is 1.08 bits per heavy atom. The fourth-order valence-corrected chi connectivity index (χ4v) is 2.19. The number of hydrogen-bond donors (Lipinski definition) is 0. The summed E-state index contributed by atoms with van der Waals surface area (Å²) in [5, 5.41) is 0. The van der Waals surface area contributed by atoms with Crippen molar-refractivity contribution in [2.24, 2.45) is 0 Å². The molecule has 2 unspecified atom stereocenters. The molecule has 0 aromatic heterocycles. The first-order valence-corrected chi connectivity index (χ1v) is 8.01. The van der Waals surface area contributed by atoms with Gasteiger partial charge in [-0.05, 0) is 38.7 Å². The van der Waals surface area contributed by atoms with Crippen LogP contribution in [0, 0.1) is 0 Å². The van der Waals surface area contributed by atoms with Gasteiger partial charge < -0.3 is 9.47 Å². The second-order valence-corrected chi connectivity index (χ2v) is 6.96. The molecular formula is C18H24F4O3. The lowest BCUT2D eigenvalue weighted by Gasteiger charge is -2.34. The Labute approximate surface area is 145 Å². The third-order valence-electron chi connectivity index (χ3n) is 3.85. The highest BCUT2D eigenvalue weighted by molar-refractivity contribution is 5.62. The third kappa shape index (κ3) is 5.09. The van der Waals surface area contributed by atoms with Crippen molar-refractivity contribution in [3.8, 4) is 0 Å². The van der Waals surface area contributed by atoms with Crippen LogP contribution in [0.3, 0.4) is 0 Å². The fourth-order valence-electron chi connectivity index (χ4n) is 2.19. The van der Waals surface area contributed by atoms with Crippen LogP contribution in [-0.2, 0) is 15.1 Å². The number of alkyl halides is 4. The summed E-state index contributed by atoms with van der Waals surface area (Å²) in [6.45, 7) is 6.35. The van der Waals surface area contributed by atoms with Crippen molar-refractivity contribution in [2.45, 2.75) is 64.3 Å². The Morgan fingerprint density at radius 2 is 1.60 bits per heavy atom. The van der Waals surface area contributed by atoms with Crippen LogP contribution in [0.2, 0.25) is 0 Å². The van der Waals surface area contributed by atoms with E-state index in [-0.39, 0.29) is 5.92 Å². The number of rotatable bonds is 5. The Balaban J connectivity index is 3.26. The summed E-state index contributed by atoms with van der Waals surface area (Å²) >= 11 is 0. The SMILES string of the molecule is CCC(C)c1ccc(C(CF)(OC(=O)OC(C)(C)C)C(F)(F)F)cc1. The van der Waals surface area contributed by atoms with Gasteiger partial charge in [-0.1, -0.05) is 38.1 Å². The molecule has 0 fully saturated rings. The molecule has 142 valence electrons. The molecule has 0 aliphatic rings. The van der Waals surface area contributed by atoms with Crippen LogP contribution < -0.4 is 0 Å². The molecule has 1 aromatic rings. The molecular weight excluding hydrogens is 340 g/mol. The van der Waals surface area contributed by atoms with E-state index in [9.17, 15) is 22.4 Å². The number of benzene rings is 1. The summed E-state index contributed by atoms with van der Waals surface area (Å²) in [5.74, 6) is 0.145. The van der Waals surface area contributed by atoms with Crippen molar-refractivity contribution in [3.05, 3.63) is 35.4 Å². The second kappa shape index (κ2) is 7.62. The first-order valence-electron chi connectivity index (χ1n) is 8.01. The Bertz CT molecular complexity index is 575. The predicted octanol–water partition coefficient (Wildman–Crippen LogP) is 5.88. The summed E-state index contributed by atoms with van der Waals surface area (Å²) < 4.78 is 63.6. The highest BCUT2D eigenvalue weighted by atomic mass is 19.4. The van der Waals surface area contributed by atoms with Gasteiger partial charge in [0.1, 0.15) is 12.3 Å². The molecule has 2 atom stereocenters. The van der Waals surface area contributed by atoms with E-state index in [0.717, 1.165) is 24.1 Å². The molecule has 0 radical (unpaired) electrons. The molecule has 0 N–H and O–H groups in total. The highest BCUT2D eigenvalue weighted by Crippen LogP contribution is 2.43. The van der Waals surface area contributed by atoms with Gasteiger partial charge in [0.25, 0.3) is 5.60 Å². The summed E-state index contributed by atoms with van der Waals surface area (Å²) in [6.07, 6.45) is -5.91. The standard InChI is InChI=1S/C18H24F4O3/c1-6-12(2)13-7-9-14(10-8-13)17(11-19,18(20,21)22)25-15(23)24-16(3,4)5/h7-10,12H,6,11H2,1-5H3. The van der Waals surface area contributed by atoms with Gasteiger partial charge in [0.2, 0.25) is 0 Å². The van der Waals surface area contributed by atoms with Crippen LogP contribution in [0.25, 0.3) is 0 Å². The van der Waals surface area contributed by atoms with E-state index < -0.39 is 35.8 Å². The lowest BCUT2D eigenvalue weighted by Crippen LogP contribution is -2.49. The number of halogens is 4. The van der Waals surface area contributed by atoms with Gasteiger partial charge in [0.15, 0.2) is 0 Å². The van der Waals surface area contributed by atoms with Crippen LogP contribution in [0.4, 0.5) is 22.4 Å². The Morgan fingerprint density at radius 3 is 1.96 bits per heavy atom. The fraction of sp³-hybridized carbons (Fsp3) is 0.611. The van der Waals surface area contributed by atoms with E-state index in [2.05, 4.69) is 4.74 Å². The van der Waals surface area contributed by atoms with Crippen molar-refractivity contribution in [2.75, 3.05) is 6.67 Å². The van der Waals surface area contributed by atoms with Crippen LogP contribution in [0.1, 0.15) is 58.1 Å². The lowest BCUT2D eigenvalue weighted by molar-refractivity contribution is -0.276. The summed E-state index contributed by atoms with van der Waals surface area (Å²) in [5.41, 5.74) is -4.13. The van der Waals surface area contributed by atoms with E-state index in [1.165, 1.54) is 32.9 Å². The van der Waals surface area contributed by atoms with Crippen molar-refractivity contribution < 1.29 is 31.8 Å². The largest absolute Gasteiger partial charge is 0.510 e. The predicted molar refractivity (Wildman–Crippen MR) is 86.2 cm³/mol. The average molecular weight is 364 g/mol. The van der Waals surface area contributed by atoms with Crippen LogP contribution >= 0.6 is 0 Å². The zero-order chi connectivity index (χ0) is 19.5. The molecule has 0 spiro atoms. The zero-order valence-corrected chi connectivity index (χ0v) is 15.0. The number of hydrogen-bond acceptors (Lipinski definition) is 3. The maximum atomic E-state index is 13.6. The molecule has 1 rings (SSSR count). The van der Waals surface area contributed by atoms with Gasteiger partial charge in [-0.15, -0.1) is 0 Å². The zero-order valence-electron chi connectivity index (χ0n) is 15.0. The number of carbonyl (C=O) groups is 1. The monoisotopic (exact) mass is 364 g/mol. The van der Waals surface area contributed by atoms with E-state index in [1.54, 1.807) is 0 Å². The quantitative estimate of drug-likeness (QED) is 0.483. The van der Waals surface area contributed by atoms with Crippen LogP contribution in [0.5, 0.6) is 0 Å². The molecule has 25 heavy (non-hydrogen) atoms. The first-order chi connectivity index (χ1) is 11.4. The normalized spacial score (nSPS) is 16.0. The maximum Gasteiger partial charge on any atom is 0.510 e. The van der Waals surface area contributed by atoms with Gasteiger partial charge in [0, 0.05) is 5.56 Å². The molecule has 0 saturated heterocycles. The van der Waals surface area contributed by atoms with E-state index in [4.69, 9.17) is 4.74 Å². The highest BCUT2D eigenvalue weighted by Gasteiger charge is 2.60. The van der Waals surface area contributed by atoms with Crippen molar-refractivity contribution in [1.82, 2.24) is 0 Å². The number of ether oxygens (including phenoxy) is 2. The molecule has 0 aliphatic heterocycles. The van der Waals surface area contributed by atoms with Crippen LogP contribution in [0.15, 0.2) is 24.3 Å². The van der Waals surface area contributed by atoms with Gasteiger partial charge in [-0.3, -0.25) is 0 Å². The smallest absolute Gasteiger partial charge is 0.429 e. The van der Waals surface area contributed by atoms with Crippen molar-refractivity contribution in [3.63, 3.8) is 0 Å². The Kier molecular flexibility index (Phi) is 6.48. The molecule has 0 amide bonds. The van der Waals surface area contributed by atoms with Crippen molar-refractivity contribution >= 4 is 6.16 Å². The van der Waals surface area contributed by atoms with E-state index >= 15 is 0 Å². The minimum atomic E-state index is -5.14. The lowest BCUT2D eigenvalue weighted by atomic mass is 9.90. The maximum absolute atomic E-state index is 13.6. The van der Waals surface area contributed by atoms with E-state index in [0.29, 0.717) is 0 Å². The molecule has 0 bridgehead atoms. The van der Waals surface area contributed by atoms with Crippen molar-refractivity contribution in [1.29, 1.82) is 0 Å². The van der Waals surface area contributed by atoms with Gasteiger partial charge in [0.05, 0.1) is 0 Å².